The van der Waals surface area contributed by atoms with Crippen LogP contribution in [0.1, 0.15) is 36.0 Å². The molecule has 0 radical (unpaired) electrons. The molecule has 1 aromatic carbocycles. The zero-order valence-corrected chi connectivity index (χ0v) is 9.12. The molecular formula is C14H14O2. The molecule has 2 rings (SSSR count). The second-order valence-electron chi connectivity index (χ2n) is 4.02. The first-order valence-corrected chi connectivity index (χ1v) is 5.59. The summed E-state index contributed by atoms with van der Waals surface area (Å²) in [5, 5.41) is 8.86. The molecule has 0 fully saturated rings. The maximum absolute atomic E-state index is 10.8. The summed E-state index contributed by atoms with van der Waals surface area (Å²) in [6, 6.07) is 5.78. The number of carboxylic acid groups (broad SMARTS) is 1. The van der Waals surface area contributed by atoms with Crippen molar-refractivity contribution in [2.24, 2.45) is 0 Å². The molecule has 2 nitrogen and oxygen atoms in total. The van der Waals surface area contributed by atoms with Gasteiger partial charge in [0.25, 0.3) is 0 Å². The number of benzene rings is 1. The van der Waals surface area contributed by atoms with Gasteiger partial charge in [-0.1, -0.05) is 24.0 Å². The summed E-state index contributed by atoms with van der Waals surface area (Å²) in [6.45, 7) is 0. The number of carbonyl (C=O) groups is 1. The predicted octanol–water partition coefficient (Wildman–Crippen LogP) is 2.39. The number of fused-ring (bicyclic) bond motifs is 1. The van der Waals surface area contributed by atoms with E-state index in [9.17, 15) is 4.79 Å². The van der Waals surface area contributed by atoms with Crippen LogP contribution in [0.4, 0.5) is 0 Å². The zero-order valence-electron chi connectivity index (χ0n) is 9.12. The first-order chi connectivity index (χ1) is 7.77. The lowest BCUT2D eigenvalue weighted by Gasteiger charge is -2.11. The lowest BCUT2D eigenvalue weighted by molar-refractivity contribution is -0.136. The number of hydrogen-bond donors (Lipinski definition) is 1. The van der Waals surface area contributed by atoms with Crippen LogP contribution < -0.4 is 0 Å². The molecule has 2 heteroatoms. The Balaban J connectivity index is 2.42. The van der Waals surface area contributed by atoms with Gasteiger partial charge in [-0.05, 0) is 36.5 Å². The van der Waals surface area contributed by atoms with E-state index in [0.717, 1.165) is 42.4 Å². The Kier molecular flexibility index (Phi) is 3.26. The highest BCUT2D eigenvalue weighted by Gasteiger charge is 2.10. The molecule has 82 valence electrons. The van der Waals surface area contributed by atoms with Gasteiger partial charge in [0.05, 0.1) is 6.42 Å². The van der Waals surface area contributed by atoms with E-state index in [1.807, 2.05) is 18.2 Å². The molecule has 0 atom stereocenters. The Morgan fingerprint density at radius 2 is 2.25 bits per heavy atom. The minimum Gasteiger partial charge on any atom is -0.481 e. The quantitative estimate of drug-likeness (QED) is 0.767. The van der Waals surface area contributed by atoms with Crippen molar-refractivity contribution >= 4 is 5.97 Å². The molecular weight excluding hydrogens is 200 g/mol. The summed E-state index contributed by atoms with van der Waals surface area (Å²) < 4.78 is 0. The largest absolute Gasteiger partial charge is 0.481 e. The second-order valence-corrected chi connectivity index (χ2v) is 4.02. The monoisotopic (exact) mass is 214 g/mol. The van der Waals surface area contributed by atoms with Crippen LogP contribution in [-0.4, -0.2) is 11.1 Å². The van der Waals surface area contributed by atoms with Gasteiger partial charge in [0.15, 0.2) is 0 Å². The Hall–Kier alpha value is -1.75. The number of rotatable bonds is 2. The molecule has 0 heterocycles. The molecule has 0 aliphatic heterocycles. The van der Waals surface area contributed by atoms with Crippen LogP contribution in [0.2, 0.25) is 0 Å². The molecule has 1 aromatic rings. The summed E-state index contributed by atoms with van der Waals surface area (Å²) >= 11 is 0. The van der Waals surface area contributed by atoms with Gasteiger partial charge in [0, 0.05) is 12.0 Å². The third kappa shape index (κ3) is 2.43. The van der Waals surface area contributed by atoms with Crippen molar-refractivity contribution in [1.29, 1.82) is 0 Å². The summed E-state index contributed by atoms with van der Waals surface area (Å²) in [7, 11) is 0. The zero-order chi connectivity index (χ0) is 11.4. The van der Waals surface area contributed by atoms with Crippen LogP contribution in [0.3, 0.4) is 0 Å². The van der Waals surface area contributed by atoms with Gasteiger partial charge in [0.2, 0.25) is 0 Å². The van der Waals surface area contributed by atoms with Gasteiger partial charge in [-0.15, -0.1) is 0 Å². The Labute approximate surface area is 95.3 Å². The molecule has 16 heavy (non-hydrogen) atoms. The third-order valence-electron chi connectivity index (χ3n) is 2.82. The maximum Gasteiger partial charge on any atom is 0.307 e. The van der Waals surface area contributed by atoms with Crippen LogP contribution in [0.5, 0.6) is 0 Å². The van der Waals surface area contributed by atoms with Gasteiger partial charge in [-0.25, -0.2) is 0 Å². The lowest BCUT2D eigenvalue weighted by Crippen LogP contribution is -2.06. The average Bonchev–Trinajstić information content (AvgIpc) is 2.18. The standard InChI is InChI=1S/C14H14O2/c15-14(16)10-12-8-5-7-11-6-3-1-2-4-9-13(11)12/h5,7-8H,1-2,4,9-10H2,(H,15,16). The van der Waals surface area contributed by atoms with Gasteiger partial charge < -0.3 is 5.11 Å². The van der Waals surface area contributed by atoms with Crippen LogP contribution >= 0.6 is 0 Å². The minimum absolute atomic E-state index is 0.102. The molecule has 0 aromatic heterocycles. The fourth-order valence-corrected chi connectivity index (χ4v) is 2.05. The Bertz CT molecular complexity index is 463. The summed E-state index contributed by atoms with van der Waals surface area (Å²) in [4.78, 5) is 10.8. The van der Waals surface area contributed by atoms with Gasteiger partial charge >= 0.3 is 5.97 Å². The third-order valence-corrected chi connectivity index (χ3v) is 2.82. The normalized spacial score (nSPS) is 14.0. The van der Waals surface area contributed by atoms with Gasteiger partial charge in [0.1, 0.15) is 0 Å². The van der Waals surface area contributed by atoms with Crippen molar-refractivity contribution < 1.29 is 9.90 Å². The maximum atomic E-state index is 10.8. The van der Waals surface area contributed by atoms with E-state index >= 15 is 0 Å². The summed E-state index contributed by atoms with van der Waals surface area (Å²) in [5.74, 6) is 5.49. The highest BCUT2D eigenvalue weighted by atomic mass is 16.4. The first-order valence-electron chi connectivity index (χ1n) is 5.59. The van der Waals surface area contributed by atoms with Crippen molar-refractivity contribution in [3.8, 4) is 11.8 Å². The fourth-order valence-electron chi connectivity index (χ4n) is 2.05. The van der Waals surface area contributed by atoms with Gasteiger partial charge in [-0.3, -0.25) is 4.79 Å². The molecule has 0 saturated heterocycles. The molecule has 0 spiro atoms. The van der Waals surface area contributed by atoms with Crippen LogP contribution in [0.25, 0.3) is 0 Å². The van der Waals surface area contributed by atoms with Crippen molar-refractivity contribution in [3.05, 3.63) is 34.9 Å². The minimum atomic E-state index is -0.775. The average molecular weight is 214 g/mol. The van der Waals surface area contributed by atoms with Crippen molar-refractivity contribution in [3.63, 3.8) is 0 Å². The van der Waals surface area contributed by atoms with E-state index in [0.29, 0.717) is 0 Å². The van der Waals surface area contributed by atoms with Crippen molar-refractivity contribution in [2.75, 3.05) is 0 Å². The molecule has 1 N–H and O–H groups in total. The molecule has 1 aliphatic carbocycles. The number of hydrogen-bond acceptors (Lipinski definition) is 1. The van der Waals surface area contributed by atoms with E-state index in [-0.39, 0.29) is 6.42 Å². The molecule has 0 saturated carbocycles. The van der Waals surface area contributed by atoms with E-state index in [4.69, 9.17) is 5.11 Å². The smallest absolute Gasteiger partial charge is 0.307 e. The Morgan fingerprint density at radius 1 is 1.38 bits per heavy atom. The van der Waals surface area contributed by atoms with Crippen molar-refractivity contribution in [2.45, 2.75) is 32.1 Å². The highest BCUT2D eigenvalue weighted by molar-refractivity contribution is 5.71. The predicted molar refractivity (Wildman–Crippen MR) is 62.2 cm³/mol. The summed E-state index contributed by atoms with van der Waals surface area (Å²) in [5.41, 5.74) is 3.07. The van der Waals surface area contributed by atoms with Crippen LogP contribution in [0, 0.1) is 11.8 Å². The number of carboxylic acids is 1. The second kappa shape index (κ2) is 4.85. The van der Waals surface area contributed by atoms with Crippen LogP contribution in [0.15, 0.2) is 18.2 Å². The highest BCUT2D eigenvalue weighted by Crippen LogP contribution is 2.19. The topological polar surface area (TPSA) is 37.3 Å². The Morgan fingerprint density at radius 3 is 3.06 bits per heavy atom. The fraction of sp³-hybridized carbons (Fsp3) is 0.357. The number of aliphatic carboxylic acids is 1. The van der Waals surface area contributed by atoms with E-state index in [1.165, 1.54) is 0 Å². The van der Waals surface area contributed by atoms with Crippen LogP contribution in [-0.2, 0) is 17.6 Å². The first kappa shape index (κ1) is 10.8. The van der Waals surface area contributed by atoms with Crippen molar-refractivity contribution in [1.82, 2.24) is 0 Å². The summed E-state index contributed by atoms with van der Waals surface area (Å²) in [6.07, 6.45) is 4.20. The SMILES string of the molecule is O=C(O)Cc1cccc2c1CCCCC#C2. The van der Waals surface area contributed by atoms with E-state index in [2.05, 4.69) is 11.8 Å². The molecule has 0 amide bonds. The molecule has 0 unspecified atom stereocenters. The lowest BCUT2D eigenvalue weighted by atomic mass is 9.93. The van der Waals surface area contributed by atoms with Gasteiger partial charge in [-0.2, -0.15) is 0 Å². The molecule has 0 bridgehead atoms. The van der Waals surface area contributed by atoms with E-state index in [1.54, 1.807) is 0 Å². The molecule has 1 aliphatic rings. The van der Waals surface area contributed by atoms with E-state index < -0.39 is 5.97 Å².